The quantitative estimate of drug-likeness (QED) is 0.865. The Morgan fingerprint density at radius 1 is 1.18 bits per heavy atom. The van der Waals surface area contributed by atoms with Crippen LogP contribution in [0.1, 0.15) is 22.6 Å². The topological polar surface area (TPSA) is 64.8 Å². The van der Waals surface area contributed by atoms with Crippen LogP contribution < -0.4 is 0 Å². The minimum Gasteiger partial charge on any atom is -0.271 e. The molecule has 0 amide bonds. The first-order valence-corrected chi connectivity index (χ1v) is 7.92. The molecular weight excluding hydrogens is 319 g/mol. The molecule has 2 heterocycles. The van der Waals surface area contributed by atoms with Gasteiger partial charge in [-0.2, -0.15) is 18.3 Å². The number of halogens is 3. The second-order valence-corrected chi connectivity index (χ2v) is 6.96. The van der Waals surface area contributed by atoms with Crippen molar-refractivity contribution >= 4 is 9.84 Å². The zero-order valence-corrected chi connectivity index (χ0v) is 13.0. The van der Waals surface area contributed by atoms with E-state index in [4.69, 9.17) is 0 Å². The lowest BCUT2D eigenvalue weighted by Crippen LogP contribution is -2.11. The van der Waals surface area contributed by atoms with Crippen molar-refractivity contribution in [2.75, 3.05) is 0 Å². The molecule has 9 heteroatoms. The molecule has 2 aromatic rings. The van der Waals surface area contributed by atoms with Crippen LogP contribution in [-0.2, 0) is 28.8 Å². The SMILES string of the molecule is Cc1cc(C)nc(S(=O)(=O)Cc2cc(C(F)(F)F)nn2C)c1. The van der Waals surface area contributed by atoms with Crippen molar-refractivity contribution in [2.24, 2.45) is 7.05 Å². The molecule has 0 unspecified atom stereocenters. The summed E-state index contributed by atoms with van der Waals surface area (Å²) in [4.78, 5) is 3.95. The van der Waals surface area contributed by atoms with Crippen LogP contribution >= 0.6 is 0 Å². The Hall–Kier alpha value is -1.90. The fraction of sp³-hybridized carbons (Fsp3) is 0.385. The molecule has 0 aliphatic carbocycles. The third-order valence-electron chi connectivity index (χ3n) is 3.00. The molecule has 5 nitrogen and oxygen atoms in total. The average molecular weight is 333 g/mol. The van der Waals surface area contributed by atoms with Gasteiger partial charge in [0.25, 0.3) is 0 Å². The predicted molar refractivity (Wildman–Crippen MR) is 72.8 cm³/mol. The van der Waals surface area contributed by atoms with Gasteiger partial charge in [0.05, 0.1) is 11.4 Å². The molecule has 2 aromatic heterocycles. The van der Waals surface area contributed by atoms with Crippen molar-refractivity contribution in [1.82, 2.24) is 14.8 Å². The maximum Gasteiger partial charge on any atom is 0.435 e. The van der Waals surface area contributed by atoms with Gasteiger partial charge in [-0.05, 0) is 37.6 Å². The maximum absolute atomic E-state index is 12.6. The maximum atomic E-state index is 12.6. The highest BCUT2D eigenvalue weighted by molar-refractivity contribution is 7.90. The number of pyridine rings is 1. The molecule has 22 heavy (non-hydrogen) atoms. The first kappa shape index (κ1) is 16.5. The lowest BCUT2D eigenvalue weighted by atomic mass is 10.3. The highest BCUT2D eigenvalue weighted by Gasteiger charge is 2.35. The number of sulfone groups is 1. The molecular formula is C13H14F3N3O2S. The van der Waals surface area contributed by atoms with Gasteiger partial charge in [0, 0.05) is 12.7 Å². The molecule has 0 atom stereocenters. The van der Waals surface area contributed by atoms with Crippen molar-refractivity contribution < 1.29 is 21.6 Å². The van der Waals surface area contributed by atoms with Crippen LogP contribution in [0.25, 0.3) is 0 Å². The number of rotatable bonds is 3. The monoisotopic (exact) mass is 333 g/mol. The summed E-state index contributed by atoms with van der Waals surface area (Å²) >= 11 is 0. The Bertz CT molecular complexity index is 790. The Balaban J connectivity index is 2.39. The first-order valence-electron chi connectivity index (χ1n) is 6.27. The molecule has 0 radical (unpaired) electrons. The summed E-state index contributed by atoms with van der Waals surface area (Å²) in [6, 6.07) is 3.84. The molecule has 0 N–H and O–H groups in total. The van der Waals surface area contributed by atoms with Gasteiger partial charge in [-0.15, -0.1) is 0 Å². The van der Waals surface area contributed by atoms with Crippen molar-refractivity contribution in [2.45, 2.75) is 30.8 Å². The molecule has 0 bridgehead atoms. The lowest BCUT2D eigenvalue weighted by Gasteiger charge is -2.06. The number of aryl methyl sites for hydroxylation is 3. The summed E-state index contributed by atoms with van der Waals surface area (Å²) < 4.78 is 63.4. The fourth-order valence-corrected chi connectivity index (χ4v) is 3.47. The van der Waals surface area contributed by atoms with E-state index in [9.17, 15) is 21.6 Å². The molecule has 0 aliphatic heterocycles. The van der Waals surface area contributed by atoms with Gasteiger partial charge in [0.1, 0.15) is 0 Å². The Labute approximate surface area is 125 Å². The summed E-state index contributed by atoms with van der Waals surface area (Å²) in [7, 11) is -2.58. The van der Waals surface area contributed by atoms with Gasteiger partial charge in [-0.3, -0.25) is 4.68 Å². The second kappa shape index (κ2) is 5.38. The van der Waals surface area contributed by atoms with Crippen LogP contribution in [0.2, 0.25) is 0 Å². The van der Waals surface area contributed by atoms with Gasteiger partial charge in [-0.1, -0.05) is 0 Å². The number of hydrogen-bond donors (Lipinski definition) is 0. The van der Waals surface area contributed by atoms with Crippen LogP contribution in [-0.4, -0.2) is 23.2 Å². The normalized spacial score (nSPS) is 12.6. The fourth-order valence-electron chi connectivity index (χ4n) is 2.01. The van der Waals surface area contributed by atoms with E-state index in [1.807, 2.05) is 0 Å². The highest BCUT2D eigenvalue weighted by atomic mass is 32.2. The largest absolute Gasteiger partial charge is 0.435 e. The van der Waals surface area contributed by atoms with Gasteiger partial charge in [-0.25, -0.2) is 13.4 Å². The third kappa shape index (κ3) is 3.46. The smallest absolute Gasteiger partial charge is 0.271 e. The molecule has 0 saturated heterocycles. The molecule has 2 rings (SSSR count). The zero-order valence-electron chi connectivity index (χ0n) is 12.1. The minimum absolute atomic E-state index is 0.0479. The number of alkyl halides is 3. The summed E-state index contributed by atoms with van der Waals surface area (Å²) in [5.41, 5.74) is 0.0773. The molecule has 0 aliphatic rings. The zero-order chi connectivity index (χ0) is 16.7. The van der Waals surface area contributed by atoms with Gasteiger partial charge >= 0.3 is 6.18 Å². The van der Waals surface area contributed by atoms with Crippen LogP contribution in [0.15, 0.2) is 23.2 Å². The summed E-state index contributed by atoms with van der Waals surface area (Å²) in [5.74, 6) is -0.595. The highest BCUT2D eigenvalue weighted by Crippen LogP contribution is 2.29. The Morgan fingerprint density at radius 2 is 1.82 bits per heavy atom. The van der Waals surface area contributed by atoms with Crippen molar-refractivity contribution in [1.29, 1.82) is 0 Å². The molecule has 120 valence electrons. The van der Waals surface area contributed by atoms with Crippen LogP contribution in [0.5, 0.6) is 0 Å². The van der Waals surface area contributed by atoms with E-state index in [1.165, 1.54) is 13.1 Å². The molecule has 0 fully saturated rings. The van der Waals surface area contributed by atoms with E-state index < -0.39 is 27.5 Å². The molecule has 0 spiro atoms. The van der Waals surface area contributed by atoms with Crippen LogP contribution in [0, 0.1) is 13.8 Å². The number of aromatic nitrogens is 3. The van der Waals surface area contributed by atoms with E-state index in [2.05, 4.69) is 10.1 Å². The van der Waals surface area contributed by atoms with E-state index in [1.54, 1.807) is 19.9 Å². The van der Waals surface area contributed by atoms with Crippen molar-refractivity contribution in [3.63, 3.8) is 0 Å². The standard InChI is InChI=1S/C13H14F3N3O2S/c1-8-4-9(2)17-12(5-8)22(20,21)7-10-6-11(13(14,15)16)18-19(10)3/h4-6H,7H2,1-3H3. The van der Waals surface area contributed by atoms with Crippen LogP contribution in [0.3, 0.4) is 0 Å². The van der Waals surface area contributed by atoms with Crippen molar-refractivity contribution in [3.05, 3.63) is 40.8 Å². The van der Waals surface area contributed by atoms with Crippen molar-refractivity contribution in [3.8, 4) is 0 Å². The van der Waals surface area contributed by atoms with E-state index in [-0.39, 0.29) is 10.7 Å². The van der Waals surface area contributed by atoms with Crippen LogP contribution in [0.4, 0.5) is 13.2 Å². The Morgan fingerprint density at radius 3 is 2.32 bits per heavy atom. The summed E-state index contributed by atoms with van der Waals surface area (Å²) in [5, 5.41) is 3.15. The van der Waals surface area contributed by atoms with E-state index in [0.29, 0.717) is 11.3 Å². The second-order valence-electron chi connectivity index (χ2n) is 5.03. The lowest BCUT2D eigenvalue weighted by molar-refractivity contribution is -0.141. The summed E-state index contributed by atoms with van der Waals surface area (Å²) in [6.45, 7) is 3.37. The molecule has 0 saturated carbocycles. The van der Waals surface area contributed by atoms with E-state index in [0.717, 1.165) is 10.7 Å². The van der Waals surface area contributed by atoms with Gasteiger partial charge in [0.15, 0.2) is 10.7 Å². The first-order chi connectivity index (χ1) is 9.99. The molecule has 0 aromatic carbocycles. The number of hydrogen-bond acceptors (Lipinski definition) is 4. The summed E-state index contributed by atoms with van der Waals surface area (Å²) in [6.07, 6.45) is -4.61. The van der Waals surface area contributed by atoms with E-state index >= 15 is 0 Å². The predicted octanol–water partition coefficient (Wildman–Crippen LogP) is 2.42. The minimum atomic E-state index is -4.61. The van der Waals surface area contributed by atoms with Gasteiger partial charge in [0.2, 0.25) is 9.84 Å². The number of nitrogens with zero attached hydrogens (tertiary/aromatic N) is 3. The van der Waals surface area contributed by atoms with Gasteiger partial charge < -0.3 is 0 Å². The Kier molecular flexibility index (Phi) is 4.03. The third-order valence-corrected chi connectivity index (χ3v) is 4.52. The average Bonchev–Trinajstić information content (AvgIpc) is 2.69.